The highest BCUT2D eigenvalue weighted by atomic mass is 16.5. The first-order chi connectivity index (χ1) is 10.7. The van der Waals surface area contributed by atoms with E-state index in [1.54, 1.807) is 7.11 Å². The largest absolute Gasteiger partial charge is 0.497 e. The minimum Gasteiger partial charge on any atom is -0.497 e. The number of hydrogen-bond acceptors (Lipinski definition) is 3. The molecule has 4 nitrogen and oxygen atoms in total. The van der Waals surface area contributed by atoms with Crippen molar-refractivity contribution in [3.05, 3.63) is 54.2 Å². The van der Waals surface area contributed by atoms with Crippen LogP contribution in [-0.2, 0) is 13.2 Å². The van der Waals surface area contributed by atoms with Gasteiger partial charge in [0.05, 0.1) is 12.6 Å². The molecule has 4 heteroatoms. The first-order valence-corrected chi connectivity index (χ1v) is 7.35. The molecule has 0 atom stereocenters. The van der Waals surface area contributed by atoms with Gasteiger partial charge in [0, 0.05) is 29.4 Å². The molecule has 3 rings (SSSR count). The lowest BCUT2D eigenvalue weighted by atomic mass is 10.1. The Hall–Kier alpha value is -2.62. The van der Waals surface area contributed by atoms with Gasteiger partial charge in [-0.15, -0.1) is 0 Å². The lowest BCUT2D eigenvalue weighted by Crippen LogP contribution is -1.95. The highest BCUT2D eigenvalue weighted by molar-refractivity contribution is 5.86. The molecule has 22 heavy (non-hydrogen) atoms. The zero-order chi connectivity index (χ0) is 15.5. The lowest BCUT2D eigenvalue weighted by molar-refractivity contribution is 0.306. The Balaban J connectivity index is 1.84. The topological polar surface area (TPSA) is 49.4 Å². The highest BCUT2D eigenvalue weighted by Crippen LogP contribution is 2.25. The predicted molar refractivity (Wildman–Crippen MR) is 89.4 cm³/mol. The third-order valence-corrected chi connectivity index (χ3v) is 3.78. The van der Waals surface area contributed by atoms with Crippen LogP contribution in [0.5, 0.6) is 11.5 Å². The number of benzene rings is 2. The number of rotatable bonds is 5. The normalized spacial score (nSPS) is 10.8. The van der Waals surface area contributed by atoms with Gasteiger partial charge in [-0.05, 0) is 43.3 Å². The number of aryl methyl sites for hydroxylation is 1. The van der Waals surface area contributed by atoms with Gasteiger partial charge in [-0.25, -0.2) is 0 Å². The Labute approximate surface area is 130 Å². The van der Waals surface area contributed by atoms with Crippen LogP contribution in [0, 0.1) is 0 Å². The maximum atomic E-state index is 5.89. The molecule has 2 N–H and O–H groups in total. The third-order valence-electron chi connectivity index (χ3n) is 3.78. The van der Waals surface area contributed by atoms with Gasteiger partial charge < -0.3 is 19.8 Å². The number of nitrogens with two attached hydrogens (primary N) is 1. The second-order valence-electron chi connectivity index (χ2n) is 5.18. The van der Waals surface area contributed by atoms with E-state index in [2.05, 4.69) is 23.8 Å². The molecule has 0 saturated carbocycles. The number of anilines is 1. The lowest BCUT2D eigenvalue weighted by Gasteiger charge is -2.06. The van der Waals surface area contributed by atoms with Crippen molar-refractivity contribution in [1.29, 1.82) is 0 Å². The predicted octanol–water partition coefficient (Wildman–Crippen LogP) is 3.83. The highest BCUT2D eigenvalue weighted by Gasteiger charge is 2.09. The molecule has 0 aliphatic rings. The minimum absolute atomic E-state index is 0.528. The number of hydrogen-bond donors (Lipinski definition) is 1. The van der Waals surface area contributed by atoms with Crippen LogP contribution >= 0.6 is 0 Å². The van der Waals surface area contributed by atoms with Crippen molar-refractivity contribution >= 4 is 16.6 Å². The van der Waals surface area contributed by atoms with Crippen LogP contribution in [0.15, 0.2) is 48.7 Å². The molecule has 114 valence electrons. The van der Waals surface area contributed by atoms with Crippen molar-refractivity contribution in [3.8, 4) is 11.5 Å². The van der Waals surface area contributed by atoms with Crippen molar-refractivity contribution in [2.45, 2.75) is 20.1 Å². The molecule has 0 aliphatic carbocycles. The van der Waals surface area contributed by atoms with Crippen LogP contribution in [0.3, 0.4) is 0 Å². The first-order valence-electron chi connectivity index (χ1n) is 7.35. The monoisotopic (exact) mass is 296 g/mol. The number of aromatic nitrogens is 1. The van der Waals surface area contributed by atoms with Gasteiger partial charge in [0.1, 0.15) is 18.1 Å². The van der Waals surface area contributed by atoms with Crippen molar-refractivity contribution < 1.29 is 9.47 Å². The number of nitrogen functional groups attached to an aromatic ring is 1. The first kappa shape index (κ1) is 14.3. The second kappa shape index (κ2) is 6.02. The molecular weight excluding hydrogens is 276 g/mol. The molecule has 0 saturated heterocycles. The Kier molecular flexibility index (Phi) is 3.92. The molecule has 0 bridgehead atoms. The number of ether oxygens (including phenoxy) is 2. The van der Waals surface area contributed by atoms with Gasteiger partial charge in [-0.2, -0.15) is 0 Å². The standard InChI is InChI=1S/C18H20N2O2/c1-3-20-11-13(17-9-4-14(19)10-18(17)20)12-22-16-7-5-15(21-2)6-8-16/h4-11H,3,12,19H2,1-2H3. The Morgan fingerprint density at radius 1 is 1.05 bits per heavy atom. The van der Waals surface area contributed by atoms with E-state index in [9.17, 15) is 0 Å². The van der Waals surface area contributed by atoms with Gasteiger partial charge in [0.25, 0.3) is 0 Å². The molecule has 0 fully saturated rings. The molecule has 0 spiro atoms. The fourth-order valence-electron chi connectivity index (χ4n) is 2.59. The summed E-state index contributed by atoms with van der Waals surface area (Å²) in [6, 6.07) is 13.6. The summed E-state index contributed by atoms with van der Waals surface area (Å²) in [6.07, 6.45) is 2.13. The molecular formula is C18H20N2O2. The Morgan fingerprint density at radius 3 is 2.45 bits per heavy atom. The van der Waals surface area contributed by atoms with Crippen molar-refractivity contribution in [2.75, 3.05) is 12.8 Å². The molecule has 1 aromatic heterocycles. The second-order valence-corrected chi connectivity index (χ2v) is 5.18. The molecule has 1 heterocycles. The van der Waals surface area contributed by atoms with Crippen LogP contribution in [0.4, 0.5) is 5.69 Å². The van der Waals surface area contributed by atoms with E-state index in [1.165, 1.54) is 5.39 Å². The van der Waals surface area contributed by atoms with Crippen LogP contribution in [0.2, 0.25) is 0 Å². The van der Waals surface area contributed by atoms with Crippen molar-refractivity contribution in [2.24, 2.45) is 0 Å². The smallest absolute Gasteiger partial charge is 0.120 e. The summed E-state index contributed by atoms with van der Waals surface area (Å²) in [5.41, 5.74) is 8.98. The van der Waals surface area contributed by atoms with Crippen LogP contribution in [-0.4, -0.2) is 11.7 Å². The SMILES string of the molecule is CCn1cc(COc2ccc(OC)cc2)c2ccc(N)cc21. The van der Waals surface area contributed by atoms with E-state index >= 15 is 0 Å². The quantitative estimate of drug-likeness (QED) is 0.728. The summed E-state index contributed by atoms with van der Waals surface area (Å²) < 4.78 is 13.2. The van der Waals surface area contributed by atoms with Crippen molar-refractivity contribution in [3.63, 3.8) is 0 Å². The number of methoxy groups -OCH3 is 1. The van der Waals surface area contributed by atoms with Crippen LogP contribution in [0.1, 0.15) is 12.5 Å². The molecule has 2 aromatic carbocycles. The average molecular weight is 296 g/mol. The Bertz CT molecular complexity index is 776. The van der Waals surface area contributed by atoms with E-state index < -0.39 is 0 Å². The van der Waals surface area contributed by atoms with Gasteiger partial charge >= 0.3 is 0 Å². The fourth-order valence-corrected chi connectivity index (χ4v) is 2.59. The van der Waals surface area contributed by atoms with Gasteiger partial charge in [-0.1, -0.05) is 6.07 Å². The minimum atomic E-state index is 0.528. The third kappa shape index (κ3) is 2.72. The molecule has 0 aliphatic heterocycles. The Morgan fingerprint density at radius 2 is 1.77 bits per heavy atom. The molecule has 0 amide bonds. The van der Waals surface area contributed by atoms with Crippen LogP contribution in [0.25, 0.3) is 10.9 Å². The van der Waals surface area contributed by atoms with E-state index in [4.69, 9.17) is 15.2 Å². The molecule has 3 aromatic rings. The van der Waals surface area contributed by atoms with Gasteiger partial charge in [-0.3, -0.25) is 0 Å². The molecule has 0 unspecified atom stereocenters. The summed E-state index contributed by atoms with van der Waals surface area (Å²) in [5, 5.41) is 1.18. The summed E-state index contributed by atoms with van der Waals surface area (Å²) in [7, 11) is 1.65. The summed E-state index contributed by atoms with van der Waals surface area (Å²) in [6.45, 7) is 3.55. The summed E-state index contributed by atoms with van der Waals surface area (Å²) >= 11 is 0. The number of fused-ring (bicyclic) bond motifs is 1. The average Bonchev–Trinajstić information content (AvgIpc) is 2.90. The van der Waals surface area contributed by atoms with E-state index in [-0.39, 0.29) is 0 Å². The fraction of sp³-hybridized carbons (Fsp3) is 0.222. The van der Waals surface area contributed by atoms with Gasteiger partial charge in [0.2, 0.25) is 0 Å². The van der Waals surface area contributed by atoms with E-state index in [0.717, 1.165) is 34.8 Å². The van der Waals surface area contributed by atoms with E-state index in [0.29, 0.717) is 6.61 Å². The number of nitrogens with zero attached hydrogens (tertiary/aromatic N) is 1. The maximum absolute atomic E-state index is 5.89. The zero-order valence-electron chi connectivity index (χ0n) is 12.9. The summed E-state index contributed by atoms with van der Waals surface area (Å²) in [4.78, 5) is 0. The molecule has 0 radical (unpaired) electrons. The summed E-state index contributed by atoms with van der Waals surface area (Å²) in [5.74, 6) is 1.65. The maximum Gasteiger partial charge on any atom is 0.120 e. The van der Waals surface area contributed by atoms with Crippen LogP contribution < -0.4 is 15.2 Å². The van der Waals surface area contributed by atoms with E-state index in [1.807, 2.05) is 36.4 Å². The zero-order valence-corrected chi connectivity index (χ0v) is 12.9. The van der Waals surface area contributed by atoms with Gasteiger partial charge in [0.15, 0.2) is 0 Å². The van der Waals surface area contributed by atoms with Crippen molar-refractivity contribution in [1.82, 2.24) is 4.57 Å².